The number of rotatable bonds is 2. The first kappa shape index (κ1) is 10.7. The molecule has 1 aromatic heterocycles. The molecule has 0 radical (unpaired) electrons. The Morgan fingerprint density at radius 1 is 1.67 bits per heavy atom. The first-order valence-electron chi connectivity index (χ1n) is 5.54. The number of hydrogen-bond donors (Lipinski definition) is 2. The van der Waals surface area contributed by atoms with Gasteiger partial charge in [0.15, 0.2) is 0 Å². The minimum atomic E-state index is -0.883. The summed E-state index contributed by atoms with van der Waals surface area (Å²) < 4.78 is 5.74. The number of hydrogen-bond acceptors (Lipinski definition) is 3. The van der Waals surface area contributed by atoms with Crippen molar-refractivity contribution in [2.75, 3.05) is 6.54 Å². The van der Waals surface area contributed by atoms with Crippen molar-refractivity contribution in [3.8, 4) is 0 Å². The van der Waals surface area contributed by atoms with Crippen LogP contribution in [-0.4, -0.2) is 11.7 Å². The van der Waals surface area contributed by atoms with Crippen LogP contribution in [-0.2, 0) is 12.0 Å². The molecule has 1 aromatic rings. The van der Waals surface area contributed by atoms with Gasteiger partial charge in [-0.3, -0.25) is 0 Å². The third kappa shape index (κ3) is 1.42. The van der Waals surface area contributed by atoms with Crippen LogP contribution in [0.15, 0.2) is 10.5 Å². The molecule has 2 rings (SSSR count). The lowest BCUT2D eigenvalue weighted by Crippen LogP contribution is -2.37. The lowest BCUT2D eigenvalue weighted by molar-refractivity contribution is 0.00479. The molecule has 1 aliphatic rings. The minimum Gasteiger partial charge on any atom is -0.465 e. The van der Waals surface area contributed by atoms with Crippen molar-refractivity contribution in [3.05, 3.63) is 23.2 Å². The van der Waals surface area contributed by atoms with Gasteiger partial charge in [-0.05, 0) is 12.0 Å². The molecule has 3 heteroatoms. The van der Waals surface area contributed by atoms with Crippen molar-refractivity contribution >= 4 is 0 Å². The fourth-order valence-corrected chi connectivity index (χ4v) is 2.28. The molecule has 3 N–H and O–H groups in total. The molecule has 0 saturated carbocycles. The highest BCUT2D eigenvalue weighted by molar-refractivity contribution is 5.35. The Hall–Kier alpha value is -0.800. The van der Waals surface area contributed by atoms with Gasteiger partial charge in [0, 0.05) is 24.4 Å². The Balaban J connectivity index is 2.44. The SMILES string of the molecule is CC(C)c1cc2c(o1)CC(C)C2(O)CN. The predicted octanol–water partition coefficient (Wildman–Crippen LogP) is 1.74. The second-order valence-electron chi connectivity index (χ2n) is 4.87. The van der Waals surface area contributed by atoms with E-state index in [0.717, 1.165) is 23.5 Å². The molecule has 1 aliphatic carbocycles. The summed E-state index contributed by atoms with van der Waals surface area (Å²) in [5.74, 6) is 2.36. The number of aliphatic hydroxyl groups is 1. The van der Waals surface area contributed by atoms with Crippen molar-refractivity contribution in [2.45, 2.75) is 38.7 Å². The Kier molecular flexibility index (Phi) is 2.40. The summed E-state index contributed by atoms with van der Waals surface area (Å²) >= 11 is 0. The Bertz CT molecular complexity index is 370. The topological polar surface area (TPSA) is 59.4 Å². The third-order valence-electron chi connectivity index (χ3n) is 3.48. The highest BCUT2D eigenvalue weighted by Crippen LogP contribution is 2.43. The van der Waals surface area contributed by atoms with Crippen LogP contribution in [0.2, 0.25) is 0 Å². The van der Waals surface area contributed by atoms with Crippen LogP contribution >= 0.6 is 0 Å². The quantitative estimate of drug-likeness (QED) is 0.780. The maximum Gasteiger partial charge on any atom is 0.110 e. The zero-order chi connectivity index (χ0) is 11.2. The molecule has 0 saturated heterocycles. The zero-order valence-corrected chi connectivity index (χ0v) is 9.58. The van der Waals surface area contributed by atoms with Crippen LogP contribution in [0.1, 0.15) is 43.8 Å². The predicted molar refractivity (Wildman–Crippen MR) is 58.6 cm³/mol. The Labute approximate surface area is 90.3 Å². The van der Waals surface area contributed by atoms with Gasteiger partial charge < -0.3 is 15.3 Å². The molecular weight excluding hydrogens is 190 g/mol. The molecule has 2 atom stereocenters. The van der Waals surface area contributed by atoms with E-state index in [1.165, 1.54) is 0 Å². The van der Waals surface area contributed by atoms with Gasteiger partial charge in [-0.1, -0.05) is 20.8 Å². The van der Waals surface area contributed by atoms with Crippen LogP contribution in [0.4, 0.5) is 0 Å². The van der Waals surface area contributed by atoms with Crippen molar-refractivity contribution < 1.29 is 9.52 Å². The molecule has 0 aromatic carbocycles. The smallest absolute Gasteiger partial charge is 0.110 e. The molecule has 0 fully saturated rings. The highest BCUT2D eigenvalue weighted by Gasteiger charge is 2.44. The van der Waals surface area contributed by atoms with E-state index in [9.17, 15) is 5.11 Å². The first-order valence-corrected chi connectivity index (χ1v) is 5.54. The summed E-state index contributed by atoms with van der Waals surface area (Å²) in [4.78, 5) is 0. The summed E-state index contributed by atoms with van der Waals surface area (Å²) in [6.07, 6.45) is 0.787. The average molecular weight is 209 g/mol. The summed E-state index contributed by atoms with van der Waals surface area (Å²) in [6.45, 7) is 6.44. The van der Waals surface area contributed by atoms with Crippen LogP contribution in [0, 0.1) is 5.92 Å². The number of fused-ring (bicyclic) bond motifs is 1. The van der Waals surface area contributed by atoms with Crippen molar-refractivity contribution in [2.24, 2.45) is 11.7 Å². The largest absolute Gasteiger partial charge is 0.465 e. The lowest BCUT2D eigenvalue weighted by Gasteiger charge is -2.26. The third-order valence-corrected chi connectivity index (χ3v) is 3.48. The fraction of sp³-hybridized carbons (Fsp3) is 0.667. The average Bonchev–Trinajstić information content (AvgIpc) is 2.68. The number of furan rings is 1. The highest BCUT2D eigenvalue weighted by atomic mass is 16.3. The normalized spacial score (nSPS) is 29.9. The van der Waals surface area contributed by atoms with Gasteiger partial charge in [0.1, 0.15) is 17.1 Å². The molecular formula is C12H19NO2. The van der Waals surface area contributed by atoms with E-state index in [1.54, 1.807) is 0 Å². The summed E-state index contributed by atoms with van der Waals surface area (Å²) in [7, 11) is 0. The summed E-state index contributed by atoms with van der Waals surface area (Å²) in [6, 6.07) is 1.97. The standard InChI is InChI=1S/C12H19NO2/c1-7(2)10-5-9-11(15-10)4-8(3)12(9,14)6-13/h5,7-8,14H,4,6,13H2,1-3H3. The van der Waals surface area contributed by atoms with Gasteiger partial charge in [-0.25, -0.2) is 0 Å². The van der Waals surface area contributed by atoms with E-state index in [4.69, 9.17) is 10.2 Å². The van der Waals surface area contributed by atoms with Crippen LogP contribution in [0.5, 0.6) is 0 Å². The maximum absolute atomic E-state index is 10.4. The van der Waals surface area contributed by atoms with E-state index in [-0.39, 0.29) is 12.5 Å². The molecule has 1 heterocycles. The van der Waals surface area contributed by atoms with Gasteiger partial charge >= 0.3 is 0 Å². The fourth-order valence-electron chi connectivity index (χ4n) is 2.28. The molecule has 0 aliphatic heterocycles. The van der Waals surface area contributed by atoms with Gasteiger partial charge in [0.05, 0.1) is 0 Å². The second-order valence-corrected chi connectivity index (χ2v) is 4.87. The lowest BCUT2D eigenvalue weighted by atomic mass is 9.88. The Morgan fingerprint density at radius 2 is 2.33 bits per heavy atom. The van der Waals surface area contributed by atoms with Gasteiger partial charge in [-0.2, -0.15) is 0 Å². The van der Waals surface area contributed by atoms with Gasteiger partial charge in [-0.15, -0.1) is 0 Å². The van der Waals surface area contributed by atoms with Crippen molar-refractivity contribution in [1.29, 1.82) is 0 Å². The summed E-state index contributed by atoms with van der Waals surface area (Å²) in [5, 5.41) is 10.4. The molecule has 84 valence electrons. The summed E-state index contributed by atoms with van der Waals surface area (Å²) in [5.41, 5.74) is 5.69. The number of nitrogens with two attached hydrogens (primary N) is 1. The van der Waals surface area contributed by atoms with Crippen LogP contribution < -0.4 is 5.73 Å². The maximum atomic E-state index is 10.4. The van der Waals surface area contributed by atoms with E-state index < -0.39 is 5.60 Å². The zero-order valence-electron chi connectivity index (χ0n) is 9.58. The molecule has 0 spiro atoms. The molecule has 0 bridgehead atoms. The van der Waals surface area contributed by atoms with E-state index in [0.29, 0.717) is 5.92 Å². The van der Waals surface area contributed by atoms with Gasteiger partial charge in [0.2, 0.25) is 0 Å². The molecule has 0 amide bonds. The van der Waals surface area contributed by atoms with Crippen LogP contribution in [0.3, 0.4) is 0 Å². The van der Waals surface area contributed by atoms with Gasteiger partial charge in [0.25, 0.3) is 0 Å². The molecule has 3 nitrogen and oxygen atoms in total. The molecule has 15 heavy (non-hydrogen) atoms. The molecule has 2 unspecified atom stereocenters. The first-order chi connectivity index (χ1) is 6.99. The van der Waals surface area contributed by atoms with Crippen molar-refractivity contribution in [1.82, 2.24) is 0 Å². The Morgan fingerprint density at radius 3 is 2.87 bits per heavy atom. The monoisotopic (exact) mass is 209 g/mol. The second kappa shape index (κ2) is 3.35. The van der Waals surface area contributed by atoms with E-state index in [2.05, 4.69) is 13.8 Å². The van der Waals surface area contributed by atoms with E-state index >= 15 is 0 Å². The van der Waals surface area contributed by atoms with Crippen molar-refractivity contribution in [3.63, 3.8) is 0 Å². The van der Waals surface area contributed by atoms with Crippen LogP contribution in [0.25, 0.3) is 0 Å². The minimum absolute atomic E-state index is 0.150. The van der Waals surface area contributed by atoms with E-state index in [1.807, 2.05) is 13.0 Å².